The van der Waals surface area contributed by atoms with E-state index in [4.69, 9.17) is 5.26 Å². The molecule has 0 spiro atoms. The highest BCUT2D eigenvalue weighted by Gasteiger charge is 2.31. The van der Waals surface area contributed by atoms with Crippen molar-refractivity contribution in [1.29, 1.82) is 5.26 Å². The van der Waals surface area contributed by atoms with E-state index in [0.29, 0.717) is 5.56 Å². The van der Waals surface area contributed by atoms with Crippen molar-refractivity contribution in [1.82, 2.24) is 0 Å². The highest BCUT2D eigenvalue weighted by atomic mass is 79.9. The molecule has 5 heteroatoms. The Labute approximate surface area is 146 Å². The van der Waals surface area contributed by atoms with Crippen molar-refractivity contribution < 1.29 is 8.42 Å². The van der Waals surface area contributed by atoms with Crippen LogP contribution in [0.3, 0.4) is 0 Å². The van der Waals surface area contributed by atoms with E-state index in [9.17, 15) is 8.42 Å². The Balaban J connectivity index is 2.55. The first-order valence-electron chi connectivity index (χ1n) is 7.31. The van der Waals surface area contributed by atoms with E-state index in [0.717, 1.165) is 10.0 Å². The third kappa shape index (κ3) is 4.01. The fraction of sp³-hybridized carbons (Fsp3) is 0.278. The molecule has 0 aliphatic carbocycles. The Bertz CT molecular complexity index is 823. The van der Waals surface area contributed by atoms with Crippen LogP contribution in [-0.2, 0) is 9.84 Å². The zero-order valence-corrected chi connectivity index (χ0v) is 15.4. The van der Waals surface area contributed by atoms with Crippen LogP contribution in [0, 0.1) is 24.2 Å². The van der Waals surface area contributed by atoms with Gasteiger partial charge in [0.15, 0.2) is 9.84 Å². The minimum atomic E-state index is -3.58. The van der Waals surface area contributed by atoms with Crippen molar-refractivity contribution in [3.8, 4) is 6.07 Å². The molecule has 0 saturated heterocycles. The van der Waals surface area contributed by atoms with Crippen LogP contribution in [0.25, 0.3) is 0 Å². The number of halogens is 1. The maximum Gasteiger partial charge on any atom is 0.185 e. The maximum absolute atomic E-state index is 13.1. The van der Waals surface area contributed by atoms with Crippen molar-refractivity contribution in [2.24, 2.45) is 5.92 Å². The van der Waals surface area contributed by atoms with Crippen molar-refractivity contribution in [2.75, 3.05) is 0 Å². The summed E-state index contributed by atoms with van der Waals surface area (Å²) in [5, 5.41) is 8.36. The summed E-state index contributed by atoms with van der Waals surface area (Å²) in [5.41, 5.74) is 1.70. The van der Waals surface area contributed by atoms with Gasteiger partial charge >= 0.3 is 0 Å². The largest absolute Gasteiger partial charge is 0.223 e. The van der Waals surface area contributed by atoms with Crippen LogP contribution in [0.5, 0.6) is 0 Å². The van der Waals surface area contributed by atoms with Crippen molar-refractivity contribution in [3.63, 3.8) is 0 Å². The highest BCUT2D eigenvalue weighted by molar-refractivity contribution is 9.10. The van der Waals surface area contributed by atoms with Gasteiger partial charge in [-0.25, -0.2) is 8.42 Å². The van der Waals surface area contributed by atoms with Gasteiger partial charge in [0.1, 0.15) is 0 Å². The summed E-state index contributed by atoms with van der Waals surface area (Å²) in [7, 11) is -3.58. The van der Waals surface area contributed by atoms with Crippen molar-refractivity contribution >= 4 is 25.8 Å². The number of nitrogens with zero attached hydrogens (tertiary/aromatic N) is 1. The molecular weight excluding hydrogens is 374 g/mol. The average molecular weight is 392 g/mol. The van der Waals surface area contributed by atoms with Crippen LogP contribution >= 0.6 is 15.9 Å². The molecule has 0 saturated carbocycles. The fourth-order valence-electron chi connectivity index (χ4n) is 2.42. The first kappa shape index (κ1) is 17.7. The molecule has 0 aliphatic rings. The second kappa shape index (κ2) is 7.29. The molecule has 2 atom stereocenters. The molecule has 0 radical (unpaired) electrons. The molecule has 2 unspecified atom stereocenters. The molecule has 0 heterocycles. The molecular formula is C18H18BrNO2S. The topological polar surface area (TPSA) is 57.9 Å². The maximum atomic E-state index is 13.1. The smallest absolute Gasteiger partial charge is 0.185 e. The summed E-state index contributed by atoms with van der Waals surface area (Å²) >= 11 is 3.44. The van der Waals surface area contributed by atoms with Gasteiger partial charge in [-0.2, -0.15) is 5.26 Å². The van der Waals surface area contributed by atoms with Crippen molar-refractivity contribution in [2.45, 2.75) is 30.4 Å². The van der Waals surface area contributed by atoms with Gasteiger partial charge in [-0.05, 0) is 44.0 Å². The lowest BCUT2D eigenvalue weighted by molar-refractivity contribution is 0.556. The van der Waals surface area contributed by atoms with Gasteiger partial charge < -0.3 is 0 Å². The van der Waals surface area contributed by atoms with E-state index in [1.54, 1.807) is 37.3 Å². The second-order valence-electron chi connectivity index (χ2n) is 5.63. The number of benzene rings is 2. The predicted molar refractivity (Wildman–Crippen MR) is 94.6 cm³/mol. The van der Waals surface area contributed by atoms with Crippen LogP contribution < -0.4 is 0 Å². The minimum Gasteiger partial charge on any atom is -0.223 e. The monoisotopic (exact) mass is 391 g/mol. The summed E-state index contributed by atoms with van der Waals surface area (Å²) in [6, 6.07) is 16.3. The van der Waals surface area contributed by atoms with Gasteiger partial charge in [0.05, 0.1) is 16.2 Å². The Hall–Kier alpha value is -1.64. The number of nitriles is 1. The van der Waals surface area contributed by atoms with E-state index in [1.165, 1.54) is 0 Å². The summed E-state index contributed by atoms with van der Waals surface area (Å²) in [6.07, 6.45) is 0.259. The quantitative estimate of drug-likeness (QED) is 0.733. The molecule has 2 aromatic carbocycles. The fourth-order valence-corrected chi connectivity index (χ4v) is 5.06. The van der Waals surface area contributed by atoms with Crippen molar-refractivity contribution in [3.05, 3.63) is 64.1 Å². The number of hydrogen-bond acceptors (Lipinski definition) is 3. The normalized spacial score (nSPS) is 14.0. The lowest BCUT2D eigenvalue weighted by Crippen LogP contribution is -2.17. The lowest BCUT2D eigenvalue weighted by Gasteiger charge is -2.20. The van der Waals surface area contributed by atoms with E-state index >= 15 is 0 Å². The van der Waals surface area contributed by atoms with Crippen LogP contribution in [0.4, 0.5) is 0 Å². The third-order valence-corrected chi connectivity index (χ3v) is 6.61. The van der Waals surface area contributed by atoms with Gasteiger partial charge in [0, 0.05) is 10.4 Å². The first-order chi connectivity index (χ1) is 10.9. The number of sulfone groups is 1. The van der Waals surface area contributed by atoms with E-state index < -0.39 is 15.1 Å². The van der Waals surface area contributed by atoms with E-state index in [2.05, 4.69) is 22.0 Å². The summed E-state index contributed by atoms with van der Waals surface area (Å²) in [6.45, 7) is 3.66. The van der Waals surface area contributed by atoms with Gasteiger partial charge in [-0.15, -0.1) is 0 Å². The molecule has 0 aromatic heterocycles. The Morgan fingerprint density at radius 2 is 1.74 bits per heavy atom. The van der Waals surface area contributed by atoms with Gasteiger partial charge in [0.2, 0.25) is 0 Å². The molecule has 23 heavy (non-hydrogen) atoms. The summed E-state index contributed by atoms with van der Waals surface area (Å²) < 4.78 is 27.0. The van der Waals surface area contributed by atoms with Crippen LogP contribution in [0.1, 0.15) is 29.7 Å². The Morgan fingerprint density at radius 1 is 1.13 bits per heavy atom. The molecule has 0 amide bonds. The molecule has 0 N–H and O–H groups in total. The molecule has 120 valence electrons. The van der Waals surface area contributed by atoms with Crippen LogP contribution in [0.2, 0.25) is 0 Å². The zero-order valence-electron chi connectivity index (χ0n) is 13.0. The number of hydrogen-bond donors (Lipinski definition) is 0. The second-order valence-corrected chi connectivity index (χ2v) is 8.62. The zero-order chi connectivity index (χ0) is 17.0. The van der Waals surface area contributed by atoms with E-state index in [-0.39, 0.29) is 17.2 Å². The molecule has 0 aliphatic heterocycles. The standard InChI is InChI=1S/C18H18BrNO2S/c1-13-7-9-15(10-8-13)23(21,22)18(11-14(2)12-20)16-5-3-4-6-17(16)19/h3-10,14,18H,11H2,1-2H3. The number of rotatable bonds is 5. The SMILES string of the molecule is Cc1ccc(S(=O)(=O)C(CC(C)C#N)c2ccccc2Br)cc1. The Morgan fingerprint density at radius 3 is 2.30 bits per heavy atom. The minimum absolute atomic E-state index is 0.259. The molecule has 2 rings (SSSR count). The predicted octanol–water partition coefficient (Wildman–Crippen LogP) is 4.82. The van der Waals surface area contributed by atoms with Crippen LogP contribution in [0.15, 0.2) is 57.9 Å². The molecule has 3 nitrogen and oxygen atoms in total. The molecule has 0 fully saturated rings. The average Bonchev–Trinajstić information content (AvgIpc) is 2.53. The van der Waals surface area contributed by atoms with Gasteiger partial charge in [-0.1, -0.05) is 51.8 Å². The lowest BCUT2D eigenvalue weighted by atomic mass is 10.0. The van der Waals surface area contributed by atoms with E-state index in [1.807, 2.05) is 25.1 Å². The first-order valence-corrected chi connectivity index (χ1v) is 9.64. The molecule has 0 bridgehead atoms. The summed E-state index contributed by atoms with van der Waals surface area (Å²) in [4.78, 5) is 0.286. The van der Waals surface area contributed by atoms with Crippen LogP contribution in [-0.4, -0.2) is 8.42 Å². The van der Waals surface area contributed by atoms with Gasteiger partial charge in [0.25, 0.3) is 0 Å². The third-order valence-electron chi connectivity index (χ3n) is 3.76. The highest BCUT2D eigenvalue weighted by Crippen LogP contribution is 2.37. The summed E-state index contributed by atoms with van der Waals surface area (Å²) in [5.74, 6) is -0.354. The van der Waals surface area contributed by atoms with Gasteiger partial charge in [-0.3, -0.25) is 0 Å². The Kier molecular flexibility index (Phi) is 5.61. The number of aryl methyl sites for hydroxylation is 1. The molecule has 2 aromatic rings.